The first-order valence-corrected chi connectivity index (χ1v) is 6.26. The van der Waals surface area contributed by atoms with Crippen LogP contribution in [0.25, 0.3) is 11.1 Å². The second-order valence-electron chi connectivity index (χ2n) is 4.26. The Kier molecular flexibility index (Phi) is 4.50. The molecule has 0 radical (unpaired) electrons. The number of hydrogen-bond acceptors (Lipinski definition) is 4. The quantitative estimate of drug-likeness (QED) is 0.872. The van der Waals surface area contributed by atoms with E-state index in [9.17, 15) is 4.39 Å². The number of benzene rings is 2. The molecule has 0 bridgehead atoms. The van der Waals surface area contributed by atoms with E-state index < -0.39 is 0 Å². The third kappa shape index (κ3) is 3.10. The van der Waals surface area contributed by atoms with Crippen LogP contribution >= 0.6 is 0 Å². The van der Waals surface area contributed by atoms with Gasteiger partial charge in [0.1, 0.15) is 29.7 Å². The molecule has 0 amide bonds. The number of halogens is 1. The van der Waals surface area contributed by atoms with Crippen LogP contribution in [0.2, 0.25) is 0 Å². The Balaban J connectivity index is 2.49. The molecule has 0 saturated heterocycles. The molecule has 2 aromatic rings. The normalized spacial score (nSPS) is 9.00. The SMILES string of the molecule is N#CC(C#N)=C(C#N)Nc1ccccc1-c1ccc(F)cc1. The van der Waals surface area contributed by atoms with E-state index >= 15 is 0 Å². The lowest BCUT2D eigenvalue weighted by Crippen LogP contribution is -2.02. The Morgan fingerprint density at radius 3 is 2.09 bits per heavy atom. The van der Waals surface area contributed by atoms with Gasteiger partial charge in [-0.3, -0.25) is 0 Å². The molecule has 0 saturated carbocycles. The van der Waals surface area contributed by atoms with Gasteiger partial charge < -0.3 is 5.32 Å². The topological polar surface area (TPSA) is 83.4 Å². The Labute approximate surface area is 127 Å². The molecule has 0 fully saturated rings. The molecule has 1 N–H and O–H groups in total. The molecule has 0 aliphatic heterocycles. The summed E-state index contributed by atoms with van der Waals surface area (Å²) in [6, 6.07) is 18.1. The van der Waals surface area contributed by atoms with Gasteiger partial charge in [0.05, 0.1) is 0 Å². The van der Waals surface area contributed by atoms with Gasteiger partial charge in [-0.1, -0.05) is 30.3 Å². The maximum absolute atomic E-state index is 13.0. The summed E-state index contributed by atoms with van der Waals surface area (Å²) >= 11 is 0. The number of nitrogens with zero attached hydrogens (tertiary/aromatic N) is 3. The van der Waals surface area contributed by atoms with Crippen molar-refractivity contribution in [1.29, 1.82) is 15.8 Å². The molecular formula is C17H9FN4. The standard InChI is InChI=1S/C17H9FN4/c18-14-7-5-12(6-8-14)15-3-1-2-4-16(15)22-17(11-21)13(9-19)10-20/h1-8,22H. The Morgan fingerprint density at radius 2 is 1.50 bits per heavy atom. The van der Waals surface area contributed by atoms with Gasteiger partial charge in [-0.15, -0.1) is 0 Å². The van der Waals surface area contributed by atoms with E-state index in [0.29, 0.717) is 5.69 Å². The molecule has 2 rings (SSSR count). The van der Waals surface area contributed by atoms with Crippen LogP contribution in [-0.2, 0) is 0 Å². The summed E-state index contributed by atoms with van der Waals surface area (Å²) in [7, 11) is 0. The molecular weight excluding hydrogens is 279 g/mol. The van der Waals surface area contributed by atoms with Gasteiger partial charge in [-0.25, -0.2) is 4.39 Å². The van der Waals surface area contributed by atoms with E-state index in [2.05, 4.69) is 5.32 Å². The molecule has 22 heavy (non-hydrogen) atoms. The van der Waals surface area contributed by atoms with Crippen LogP contribution in [0.4, 0.5) is 10.1 Å². The van der Waals surface area contributed by atoms with Crippen LogP contribution in [0.3, 0.4) is 0 Å². The zero-order valence-corrected chi connectivity index (χ0v) is 11.3. The number of nitrogens with one attached hydrogen (secondary N) is 1. The zero-order chi connectivity index (χ0) is 15.9. The molecule has 0 unspecified atom stereocenters. The predicted molar refractivity (Wildman–Crippen MR) is 79.3 cm³/mol. The van der Waals surface area contributed by atoms with Crippen molar-refractivity contribution in [3.05, 3.63) is 65.6 Å². The van der Waals surface area contributed by atoms with E-state index in [-0.39, 0.29) is 17.1 Å². The molecule has 0 atom stereocenters. The summed E-state index contributed by atoms with van der Waals surface area (Å²) in [5.41, 5.74) is 1.60. The molecule has 104 valence electrons. The fraction of sp³-hybridized carbons (Fsp3) is 0. The van der Waals surface area contributed by atoms with Gasteiger partial charge in [-0.05, 0) is 23.8 Å². The Hall–Kier alpha value is -3.62. The number of hydrogen-bond donors (Lipinski definition) is 1. The van der Waals surface area contributed by atoms with Gasteiger partial charge in [0, 0.05) is 11.3 Å². The molecule has 0 aromatic heterocycles. The maximum atomic E-state index is 13.0. The van der Waals surface area contributed by atoms with Crippen molar-refractivity contribution in [2.24, 2.45) is 0 Å². The lowest BCUT2D eigenvalue weighted by atomic mass is 10.0. The summed E-state index contributed by atoms with van der Waals surface area (Å²) in [4.78, 5) is 0. The van der Waals surface area contributed by atoms with Crippen LogP contribution in [0.5, 0.6) is 0 Å². The third-order valence-electron chi connectivity index (χ3n) is 2.93. The summed E-state index contributed by atoms with van der Waals surface area (Å²) in [5, 5.41) is 29.6. The van der Waals surface area contributed by atoms with Crippen molar-refractivity contribution in [1.82, 2.24) is 0 Å². The monoisotopic (exact) mass is 288 g/mol. The fourth-order valence-corrected chi connectivity index (χ4v) is 1.89. The maximum Gasteiger partial charge on any atom is 0.163 e. The van der Waals surface area contributed by atoms with E-state index in [0.717, 1.165) is 11.1 Å². The fourth-order valence-electron chi connectivity index (χ4n) is 1.89. The van der Waals surface area contributed by atoms with Gasteiger partial charge in [0.25, 0.3) is 0 Å². The molecule has 4 nitrogen and oxygen atoms in total. The summed E-state index contributed by atoms with van der Waals surface area (Å²) in [6.45, 7) is 0. The highest BCUT2D eigenvalue weighted by Gasteiger charge is 2.10. The van der Waals surface area contributed by atoms with Crippen LogP contribution in [0.1, 0.15) is 0 Å². The first kappa shape index (κ1) is 14.8. The number of para-hydroxylation sites is 1. The second kappa shape index (κ2) is 6.70. The average Bonchev–Trinajstić information content (AvgIpc) is 2.56. The minimum atomic E-state index is -0.344. The summed E-state index contributed by atoms with van der Waals surface area (Å²) < 4.78 is 13.0. The van der Waals surface area contributed by atoms with Gasteiger partial charge in [0.2, 0.25) is 0 Å². The Bertz CT molecular complexity index is 830. The van der Waals surface area contributed by atoms with E-state index in [1.165, 1.54) is 12.1 Å². The first-order valence-electron chi connectivity index (χ1n) is 6.26. The lowest BCUT2D eigenvalue weighted by molar-refractivity contribution is 0.628. The highest BCUT2D eigenvalue weighted by atomic mass is 19.1. The number of nitriles is 3. The van der Waals surface area contributed by atoms with Crippen molar-refractivity contribution in [3.63, 3.8) is 0 Å². The van der Waals surface area contributed by atoms with Crippen molar-refractivity contribution in [2.45, 2.75) is 0 Å². The number of rotatable bonds is 3. The molecule has 0 aliphatic rings. The lowest BCUT2D eigenvalue weighted by Gasteiger charge is -2.11. The van der Waals surface area contributed by atoms with Gasteiger partial charge in [0.15, 0.2) is 5.57 Å². The molecule has 5 heteroatoms. The minimum absolute atomic E-state index is 0.125. The van der Waals surface area contributed by atoms with Gasteiger partial charge in [-0.2, -0.15) is 15.8 Å². The van der Waals surface area contributed by atoms with Crippen LogP contribution in [0.15, 0.2) is 59.8 Å². The first-order chi connectivity index (χ1) is 10.7. The van der Waals surface area contributed by atoms with Crippen molar-refractivity contribution < 1.29 is 4.39 Å². The van der Waals surface area contributed by atoms with Gasteiger partial charge >= 0.3 is 0 Å². The van der Waals surface area contributed by atoms with Crippen LogP contribution in [0, 0.1) is 39.8 Å². The van der Waals surface area contributed by atoms with Crippen LogP contribution < -0.4 is 5.32 Å². The number of allylic oxidation sites excluding steroid dienone is 2. The molecule has 0 heterocycles. The summed E-state index contributed by atoms with van der Waals surface area (Å²) in [5.74, 6) is -0.344. The van der Waals surface area contributed by atoms with E-state index in [1.807, 2.05) is 0 Å². The third-order valence-corrected chi connectivity index (χ3v) is 2.93. The van der Waals surface area contributed by atoms with Crippen molar-refractivity contribution in [2.75, 3.05) is 5.32 Å². The minimum Gasteiger partial charge on any atom is -0.345 e. The van der Waals surface area contributed by atoms with E-state index in [4.69, 9.17) is 15.8 Å². The van der Waals surface area contributed by atoms with Crippen LogP contribution in [-0.4, -0.2) is 0 Å². The predicted octanol–water partition coefficient (Wildman–Crippen LogP) is 3.73. The smallest absolute Gasteiger partial charge is 0.163 e. The highest BCUT2D eigenvalue weighted by Crippen LogP contribution is 2.29. The zero-order valence-electron chi connectivity index (χ0n) is 11.3. The second-order valence-corrected chi connectivity index (χ2v) is 4.26. The van der Waals surface area contributed by atoms with Crippen molar-refractivity contribution in [3.8, 4) is 29.3 Å². The van der Waals surface area contributed by atoms with Crippen molar-refractivity contribution >= 4 is 5.69 Å². The average molecular weight is 288 g/mol. The largest absolute Gasteiger partial charge is 0.345 e. The Morgan fingerprint density at radius 1 is 0.864 bits per heavy atom. The highest BCUT2D eigenvalue weighted by molar-refractivity contribution is 5.79. The van der Waals surface area contributed by atoms with E-state index in [1.54, 1.807) is 54.6 Å². The summed E-state index contributed by atoms with van der Waals surface area (Å²) in [6.07, 6.45) is 0. The molecule has 2 aromatic carbocycles. The molecule has 0 aliphatic carbocycles. The number of anilines is 1. The molecule has 0 spiro atoms.